The van der Waals surface area contributed by atoms with Gasteiger partial charge in [-0.25, -0.2) is 9.37 Å². The minimum Gasteiger partial charge on any atom is -0.489 e. The van der Waals surface area contributed by atoms with Gasteiger partial charge in [-0.15, -0.1) is 11.3 Å². The molecule has 0 aliphatic carbocycles. The minimum absolute atomic E-state index is 0.208. The molecule has 1 aliphatic heterocycles. The number of rotatable bonds is 12. The summed E-state index contributed by atoms with van der Waals surface area (Å²) in [5.41, 5.74) is 4.49. The van der Waals surface area contributed by atoms with E-state index in [1.807, 2.05) is 60.7 Å². The number of thiazole rings is 1. The molecule has 6 rings (SSSR count). The normalized spacial score (nSPS) is 12.0. The number of amides is 1. The monoisotopic (exact) mass is 595 g/mol. The molecule has 1 aromatic heterocycles. The van der Waals surface area contributed by atoms with Crippen LogP contribution >= 0.6 is 11.3 Å². The highest BCUT2D eigenvalue weighted by Crippen LogP contribution is 2.32. The molecule has 0 bridgehead atoms. The number of hydrogen-bond donors (Lipinski definition) is 1. The maximum atomic E-state index is 13.6. The van der Waals surface area contributed by atoms with Gasteiger partial charge < -0.3 is 19.5 Å². The highest BCUT2D eigenvalue weighted by atomic mass is 32.1. The molecule has 1 amide bonds. The Morgan fingerprint density at radius 3 is 2.30 bits per heavy atom. The van der Waals surface area contributed by atoms with Crippen molar-refractivity contribution in [3.63, 3.8) is 0 Å². The molecule has 1 aliphatic rings. The molecule has 0 radical (unpaired) electrons. The van der Waals surface area contributed by atoms with Crippen molar-refractivity contribution >= 4 is 17.2 Å². The molecule has 218 valence electrons. The predicted octanol–water partition coefficient (Wildman–Crippen LogP) is 6.72. The zero-order valence-electron chi connectivity index (χ0n) is 23.4. The van der Waals surface area contributed by atoms with Crippen molar-refractivity contribution in [3.8, 4) is 17.2 Å². The Morgan fingerprint density at radius 1 is 0.837 bits per heavy atom. The second kappa shape index (κ2) is 13.5. The van der Waals surface area contributed by atoms with Gasteiger partial charge in [-0.3, -0.25) is 9.69 Å². The van der Waals surface area contributed by atoms with Gasteiger partial charge in [0.2, 0.25) is 6.79 Å². The van der Waals surface area contributed by atoms with Gasteiger partial charge in [-0.05, 0) is 58.7 Å². The Labute approximate surface area is 253 Å². The average molecular weight is 596 g/mol. The van der Waals surface area contributed by atoms with E-state index in [1.54, 1.807) is 17.5 Å². The van der Waals surface area contributed by atoms with E-state index in [9.17, 15) is 9.18 Å². The van der Waals surface area contributed by atoms with E-state index >= 15 is 0 Å². The third-order valence-corrected chi connectivity index (χ3v) is 7.76. The molecule has 0 spiro atoms. The summed E-state index contributed by atoms with van der Waals surface area (Å²) in [6.07, 6.45) is 0. The molecule has 0 unspecified atom stereocenters. The van der Waals surface area contributed by atoms with Gasteiger partial charge in [0, 0.05) is 25.0 Å². The smallest absolute Gasteiger partial charge is 0.271 e. The van der Waals surface area contributed by atoms with Gasteiger partial charge in [0.25, 0.3) is 5.91 Å². The summed E-state index contributed by atoms with van der Waals surface area (Å²) >= 11 is 1.44. The van der Waals surface area contributed by atoms with Gasteiger partial charge in [-0.2, -0.15) is 0 Å². The topological polar surface area (TPSA) is 72.9 Å². The van der Waals surface area contributed by atoms with Crippen LogP contribution in [0.5, 0.6) is 17.2 Å². The van der Waals surface area contributed by atoms with Gasteiger partial charge in [-0.1, -0.05) is 60.7 Å². The average Bonchev–Trinajstić information content (AvgIpc) is 3.71. The number of nitrogens with one attached hydrogen (secondary N) is 1. The lowest BCUT2D eigenvalue weighted by atomic mass is 10.1. The van der Waals surface area contributed by atoms with E-state index < -0.39 is 0 Å². The first-order valence-electron chi connectivity index (χ1n) is 13.9. The summed E-state index contributed by atoms with van der Waals surface area (Å²) in [6, 6.07) is 30.2. The quantitative estimate of drug-likeness (QED) is 0.173. The van der Waals surface area contributed by atoms with Crippen LogP contribution in [0.3, 0.4) is 0 Å². The maximum absolute atomic E-state index is 13.6. The summed E-state index contributed by atoms with van der Waals surface area (Å²) < 4.78 is 30.3. The molecule has 43 heavy (non-hydrogen) atoms. The van der Waals surface area contributed by atoms with E-state index in [2.05, 4.69) is 27.3 Å². The third-order valence-electron chi connectivity index (χ3n) is 6.93. The van der Waals surface area contributed by atoms with Crippen LogP contribution in [0.1, 0.15) is 37.7 Å². The third kappa shape index (κ3) is 7.77. The van der Waals surface area contributed by atoms with Gasteiger partial charge in [0.05, 0.1) is 6.54 Å². The van der Waals surface area contributed by atoms with E-state index in [-0.39, 0.29) is 18.5 Å². The van der Waals surface area contributed by atoms with E-state index in [0.29, 0.717) is 50.0 Å². The van der Waals surface area contributed by atoms with Crippen LogP contribution in [0.2, 0.25) is 0 Å². The second-order valence-electron chi connectivity index (χ2n) is 10.2. The molecule has 0 saturated heterocycles. The van der Waals surface area contributed by atoms with Gasteiger partial charge >= 0.3 is 0 Å². The number of aromatic nitrogens is 1. The number of carbonyl (C=O) groups is 1. The van der Waals surface area contributed by atoms with Crippen molar-refractivity contribution in [3.05, 3.63) is 141 Å². The molecule has 1 N–H and O–H groups in total. The molecule has 0 atom stereocenters. The highest BCUT2D eigenvalue weighted by Gasteiger charge is 2.17. The number of halogens is 1. The van der Waals surface area contributed by atoms with E-state index in [0.717, 1.165) is 33.0 Å². The van der Waals surface area contributed by atoms with Crippen molar-refractivity contribution in [1.29, 1.82) is 0 Å². The van der Waals surface area contributed by atoms with Crippen molar-refractivity contribution in [1.82, 2.24) is 15.2 Å². The summed E-state index contributed by atoms with van der Waals surface area (Å²) in [7, 11) is 0. The summed E-state index contributed by atoms with van der Waals surface area (Å²) in [5.74, 6) is 1.68. The highest BCUT2D eigenvalue weighted by molar-refractivity contribution is 7.09. The van der Waals surface area contributed by atoms with Gasteiger partial charge in [0.15, 0.2) is 11.5 Å². The molecule has 5 aromatic rings. The summed E-state index contributed by atoms with van der Waals surface area (Å²) in [4.78, 5) is 19.7. The fraction of sp³-hybridized carbons (Fsp3) is 0.176. The molecule has 9 heteroatoms. The van der Waals surface area contributed by atoms with Crippen molar-refractivity contribution < 1.29 is 23.4 Å². The lowest BCUT2D eigenvalue weighted by molar-refractivity contribution is 0.0946. The van der Waals surface area contributed by atoms with Crippen LogP contribution in [0.25, 0.3) is 0 Å². The van der Waals surface area contributed by atoms with Gasteiger partial charge in [0.1, 0.15) is 28.9 Å². The number of ether oxygens (including phenoxy) is 3. The van der Waals surface area contributed by atoms with Crippen LogP contribution < -0.4 is 19.5 Å². The van der Waals surface area contributed by atoms with Crippen LogP contribution in [-0.4, -0.2) is 22.6 Å². The van der Waals surface area contributed by atoms with Crippen LogP contribution in [0.15, 0.2) is 102 Å². The maximum Gasteiger partial charge on any atom is 0.271 e. The predicted molar refractivity (Wildman–Crippen MR) is 162 cm³/mol. The molecule has 0 fully saturated rings. The number of benzene rings is 4. The van der Waals surface area contributed by atoms with Crippen molar-refractivity contribution in [2.75, 3.05) is 6.79 Å². The summed E-state index contributed by atoms with van der Waals surface area (Å²) in [6.45, 7) is 2.83. The standard InChI is InChI=1S/C34H30FN3O4S/c35-28-11-6-24(7-12-28)18-38(19-25-8-13-29(14-9-25)40-21-26-4-2-1-3-5-26)20-33-37-30(22-43-33)34(39)36-17-27-10-15-31-32(16-27)42-23-41-31/h1-16,22H,17-21,23H2,(H,36,39). The first kappa shape index (κ1) is 28.4. The fourth-order valence-corrected chi connectivity index (χ4v) is 5.52. The fourth-order valence-electron chi connectivity index (χ4n) is 4.71. The molecule has 0 saturated carbocycles. The Balaban J connectivity index is 1.09. The summed E-state index contributed by atoms with van der Waals surface area (Å²) in [5, 5.41) is 5.53. The van der Waals surface area contributed by atoms with Crippen LogP contribution in [0, 0.1) is 5.82 Å². The van der Waals surface area contributed by atoms with Crippen molar-refractivity contribution in [2.45, 2.75) is 32.8 Å². The minimum atomic E-state index is -0.266. The number of fused-ring (bicyclic) bond motifs is 1. The SMILES string of the molecule is O=C(NCc1ccc2c(c1)OCO2)c1csc(CN(Cc2ccc(F)cc2)Cc2ccc(OCc3ccccc3)cc2)n1. The second-order valence-corrected chi connectivity index (χ2v) is 11.1. The Morgan fingerprint density at radius 2 is 1.53 bits per heavy atom. The molecule has 7 nitrogen and oxygen atoms in total. The molecular formula is C34H30FN3O4S. The van der Waals surface area contributed by atoms with Crippen molar-refractivity contribution in [2.24, 2.45) is 0 Å². The van der Waals surface area contributed by atoms with E-state index in [4.69, 9.17) is 14.2 Å². The lowest BCUT2D eigenvalue weighted by Crippen LogP contribution is -2.24. The Kier molecular flexibility index (Phi) is 8.91. The van der Waals surface area contributed by atoms with Crippen LogP contribution in [-0.2, 0) is 32.8 Å². The van der Waals surface area contributed by atoms with Crippen LogP contribution in [0.4, 0.5) is 4.39 Å². The molecule has 2 heterocycles. The Bertz CT molecular complexity index is 1660. The zero-order valence-corrected chi connectivity index (χ0v) is 24.2. The first-order chi connectivity index (χ1) is 21.1. The Hall–Kier alpha value is -4.73. The number of hydrogen-bond acceptors (Lipinski definition) is 7. The molecule has 4 aromatic carbocycles. The molecular weight excluding hydrogens is 565 g/mol. The zero-order chi connectivity index (χ0) is 29.4. The largest absolute Gasteiger partial charge is 0.489 e. The first-order valence-corrected chi connectivity index (χ1v) is 14.8. The lowest BCUT2D eigenvalue weighted by Gasteiger charge is -2.22. The number of carbonyl (C=O) groups excluding carboxylic acids is 1. The van der Waals surface area contributed by atoms with E-state index in [1.165, 1.54) is 23.5 Å². The number of nitrogens with zero attached hydrogens (tertiary/aromatic N) is 2.